The van der Waals surface area contributed by atoms with Crippen LogP contribution in [0.2, 0.25) is 0 Å². The van der Waals surface area contributed by atoms with Gasteiger partial charge in [0, 0.05) is 44.4 Å². The van der Waals surface area contributed by atoms with Crippen LogP contribution in [0.3, 0.4) is 0 Å². The van der Waals surface area contributed by atoms with Crippen LogP contribution in [0.15, 0.2) is 35.5 Å². The summed E-state index contributed by atoms with van der Waals surface area (Å²) in [4.78, 5) is 27.9. The highest BCUT2D eigenvalue weighted by atomic mass is 16.1. The third-order valence-electron chi connectivity index (χ3n) is 5.23. The molecule has 5 heterocycles. The molecule has 0 unspecified atom stereocenters. The first-order valence-electron chi connectivity index (χ1n) is 8.28. The van der Waals surface area contributed by atoms with Crippen molar-refractivity contribution in [2.45, 2.75) is 18.9 Å². The summed E-state index contributed by atoms with van der Waals surface area (Å²) in [7, 11) is 1.94. The maximum atomic E-state index is 12.1. The fraction of sp³-hybridized carbons (Fsp3) is 0.412. The smallest absolute Gasteiger partial charge is 0.250 e. The molecule has 2 aliphatic heterocycles. The number of imidazole rings is 1. The fourth-order valence-corrected chi connectivity index (χ4v) is 4.12. The van der Waals surface area contributed by atoms with E-state index in [0.717, 1.165) is 48.9 Å². The Kier molecular flexibility index (Phi) is 2.80. The number of anilines is 1. The molecular formula is C17H18N6O. The highest BCUT2D eigenvalue weighted by Gasteiger charge is 2.35. The van der Waals surface area contributed by atoms with Crippen molar-refractivity contribution in [3.63, 3.8) is 0 Å². The zero-order valence-corrected chi connectivity index (χ0v) is 13.5. The minimum Gasteiger partial charge on any atom is -0.340 e. The van der Waals surface area contributed by atoms with Gasteiger partial charge in [-0.15, -0.1) is 0 Å². The summed E-state index contributed by atoms with van der Waals surface area (Å²) in [5.74, 6) is 1.55. The van der Waals surface area contributed by atoms with Crippen molar-refractivity contribution in [1.29, 1.82) is 0 Å². The number of pyridine rings is 1. The van der Waals surface area contributed by atoms with Crippen LogP contribution < -0.4 is 10.5 Å². The number of fused-ring (bicyclic) bond motifs is 5. The summed E-state index contributed by atoms with van der Waals surface area (Å²) < 4.78 is 3.87. The molecule has 24 heavy (non-hydrogen) atoms. The van der Waals surface area contributed by atoms with E-state index < -0.39 is 0 Å². The Balaban J connectivity index is 1.52. The van der Waals surface area contributed by atoms with Crippen molar-refractivity contribution in [1.82, 2.24) is 24.1 Å². The van der Waals surface area contributed by atoms with Gasteiger partial charge in [-0.1, -0.05) is 6.07 Å². The number of rotatable bonds is 1. The SMILES string of the molecule is Cn1cnc2nc(N3C[C@@H]4C[C@H](C3)c3cccc(=O)n3C4)ncc21. The van der Waals surface area contributed by atoms with Gasteiger partial charge in [0.25, 0.3) is 5.56 Å². The third kappa shape index (κ3) is 1.97. The van der Waals surface area contributed by atoms with Gasteiger partial charge in [0.05, 0.1) is 12.5 Å². The molecule has 0 radical (unpaired) electrons. The summed E-state index contributed by atoms with van der Waals surface area (Å²) in [5.41, 5.74) is 2.92. The molecule has 1 fully saturated rings. The molecule has 1 saturated heterocycles. The van der Waals surface area contributed by atoms with E-state index in [1.807, 2.05) is 28.4 Å². The lowest BCUT2D eigenvalue weighted by Crippen LogP contribution is -2.47. The highest BCUT2D eigenvalue weighted by molar-refractivity contribution is 5.71. The van der Waals surface area contributed by atoms with Gasteiger partial charge in [0.2, 0.25) is 5.95 Å². The van der Waals surface area contributed by atoms with Crippen LogP contribution in [0, 0.1) is 5.92 Å². The molecule has 122 valence electrons. The second-order valence-electron chi connectivity index (χ2n) is 6.84. The molecule has 0 N–H and O–H groups in total. The lowest BCUT2D eigenvalue weighted by atomic mass is 9.83. The molecule has 0 spiro atoms. The summed E-state index contributed by atoms with van der Waals surface area (Å²) in [6.07, 6.45) is 4.73. The summed E-state index contributed by atoms with van der Waals surface area (Å²) >= 11 is 0. The van der Waals surface area contributed by atoms with Gasteiger partial charge in [0.1, 0.15) is 5.52 Å². The molecule has 7 heteroatoms. The lowest BCUT2D eigenvalue weighted by molar-refractivity contribution is 0.280. The van der Waals surface area contributed by atoms with Crippen LogP contribution >= 0.6 is 0 Å². The Hall–Kier alpha value is -2.70. The lowest BCUT2D eigenvalue weighted by Gasteiger charge is -2.42. The fourth-order valence-electron chi connectivity index (χ4n) is 4.12. The zero-order valence-electron chi connectivity index (χ0n) is 13.5. The molecule has 3 aromatic rings. The van der Waals surface area contributed by atoms with Crippen molar-refractivity contribution in [2.24, 2.45) is 13.0 Å². The van der Waals surface area contributed by atoms with Crippen molar-refractivity contribution < 1.29 is 0 Å². The maximum Gasteiger partial charge on any atom is 0.250 e. The van der Waals surface area contributed by atoms with Crippen molar-refractivity contribution in [3.8, 4) is 0 Å². The summed E-state index contributed by atoms with van der Waals surface area (Å²) in [5, 5.41) is 0. The predicted octanol–water partition coefficient (Wildman–Crippen LogP) is 1.15. The third-order valence-corrected chi connectivity index (χ3v) is 5.23. The predicted molar refractivity (Wildman–Crippen MR) is 90.1 cm³/mol. The van der Waals surface area contributed by atoms with Gasteiger partial charge < -0.3 is 14.0 Å². The number of hydrogen-bond donors (Lipinski definition) is 0. The Morgan fingerprint density at radius 1 is 1.17 bits per heavy atom. The zero-order chi connectivity index (χ0) is 16.3. The largest absolute Gasteiger partial charge is 0.340 e. The first-order chi connectivity index (χ1) is 11.7. The Labute approximate surface area is 138 Å². The Bertz CT molecular complexity index is 990. The minimum atomic E-state index is 0.113. The van der Waals surface area contributed by atoms with Crippen molar-refractivity contribution >= 4 is 17.1 Å². The minimum absolute atomic E-state index is 0.113. The van der Waals surface area contributed by atoms with Gasteiger partial charge in [-0.25, -0.2) is 9.97 Å². The molecule has 0 aromatic carbocycles. The molecule has 2 atom stereocenters. The molecule has 0 amide bonds. The first kappa shape index (κ1) is 13.7. The molecule has 2 bridgehead atoms. The monoisotopic (exact) mass is 322 g/mol. The van der Waals surface area contributed by atoms with E-state index >= 15 is 0 Å². The number of hydrogen-bond acceptors (Lipinski definition) is 5. The number of nitrogens with zero attached hydrogens (tertiary/aromatic N) is 6. The topological polar surface area (TPSA) is 68.8 Å². The number of piperidine rings is 1. The van der Waals surface area contributed by atoms with Gasteiger partial charge >= 0.3 is 0 Å². The molecule has 0 saturated carbocycles. The van der Waals surface area contributed by atoms with Crippen LogP contribution in [-0.2, 0) is 13.6 Å². The summed E-state index contributed by atoms with van der Waals surface area (Å²) in [6.45, 7) is 2.52. The van der Waals surface area contributed by atoms with Crippen molar-refractivity contribution in [2.75, 3.05) is 18.0 Å². The number of aromatic nitrogens is 5. The van der Waals surface area contributed by atoms with E-state index in [1.54, 1.807) is 12.4 Å². The highest BCUT2D eigenvalue weighted by Crippen LogP contribution is 2.36. The van der Waals surface area contributed by atoms with Crippen LogP contribution in [-0.4, -0.2) is 37.2 Å². The molecule has 7 nitrogen and oxygen atoms in total. The Morgan fingerprint density at radius 2 is 2.08 bits per heavy atom. The van der Waals surface area contributed by atoms with Crippen LogP contribution in [0.1, 0.15) is 18.0 Å². The van der Waals surface area contributed by atoms with Crippen molar-refractivity contribution in [3.05, 3.63) is 46.8 Å². The van der Waals surface area contributed by atoms with Gasteiger partial charge in [-0.3, -0.25) is 4.79 Å². The van der Waals surface area contributed by atoms with Gasteiger partial charge in [0.15, 0.2) is 5.65 Å². The van der Waals surface area contributed by atoms with Crippen LogP contribution in [0.4, 0.5) is 5.95 Å². The van der Waals surface area contributed by atoms with Crippen LogP contribution in [0.5, 0.6) is 0 Å². The second kappa shape index (κ2) is 4.90. The standard InChI is InChI=1S/C17H18N6O/c1-21-10-19-16-14(21)6-18-17(20-16)22-7-11-5-12(9-22)13-3-2-4-15(24)23(13)8-11/h2-4,6,10-12H,5,7-9H2,1H3/t11-,12+/m0/s1. The van der Waals surface area contributed by atoms with Gasteiger partial charge in [-0.05, 0) is 18.4 Å². The normalized spacial score (nSPS) is 22.6. The second-order valence-corrected chi connectivity index (χ2v) is 6.84. The average Bonchev–Trinajstić information content (AvgIpc) is 2.96. The van der Waals surface area contributed by atoms with E-state index in [-0.39, 0.29) is 5.56 Å². The van der Waals surface area contributed by atoms with Gasteiger partial charge in [-0.2, -0.15) is 4.98 Å². The van der Waals surface area contributed by atoms with E-state index in [9.17, 15) is 4.79 Å². The first-order valence-corrected chi connectivity index (χ1v) is 8.28. The van der Waals surface area contributed by atoms with E-state index in [1.165, 1.54) is 0 Å². The van der Waals surface area contributed by atoms with E-state index in [2.05, 4.69) is 25.9 Å². The molecule has 3 aromatic heterocycles. The van der Waals surface area contributed by atoms with Crippen LogP contribution in [0.25, 0.3) is 11.2 Å². The molecule has 0 aliphatic carbocycles. The molecule has 5 rings (SSSR count). The maximum absolute atomic E-state index is 12.1. The molecular weight excluding hydrogens is 304 g/mol. The Morgan fingerprint density at radius 3 is 3.00 bits per heavy atom. The quantitative estimate of drug-likeness (QED) is 0.672. The molecule has 2 aliphatic rings. The average molecular weight is 322 g/mol. The summed E-state index contributed by atoms with van der Waals surface area (Å²) in [6, 6.07) is 5.60. The van der Waals surface area contributed by atoms with E-state index in [4.69, 9.17) is 0 Å². The number of aryl methyl sites for hydroxylation is 1. The van der Waals surface area contributed by atoms with E-state index in [0.29, 0.717) is 11.8 Å².